The highest BCUT2D eigenvalue weighted by Crippen LogP contribution is 2.49. The van der Waals surface area contributed by atoms with Gasteiger partial charge >= 0.3 is 11.9 Å². The van der Waals surface area contributed by atoms with Crippen molar-refractivity contribution in [2.75, 3.05) is 27.8 Å². The van der Waals surface area contributed by atoms with Gasteiger partial charge in [0.25, 0.3) is 0 Å². The van der Waals surface area contributed by atoms with E-state index in [4.69, 9.17) is 28.4 Å². The predicted molar refractivity (Wildman–Crippen MR) is 109 cm³/mol. The number of carbonyl (C=O) groups is 2. The molecule has 0 fully saturated rings. The van der Waals surface area contributed by atoms with E-state index in [0.717, 1.165) is 5.39 Å². The van der Waals surface area contributed by atoms with Crippen molar-refractivity contribution in [1.29, 1.82) is 0 Å². The number of benzene rings is 3. The summed E-state index contributed by atoms with van der Waals surface area (Å²) in [6, 6.07) is 8.92. The first-order valence-corrected chi connectivity index (χ1v) is 9.50. The monoisotopic (exact) mass is 422 g/mol. The lowest BCUT2D eigenvalue weighted by molar-refractivity contribution is 0.0555. The van der Waals surface area contributed by atoms with Gasteiger partial charge in [-0.15, -0.1) is 0 Å². The summed E-state index contributed by atoms with van der Waals surface area (Å²) < 4.78 is 32.4. The van der Waals surface area contributed by atoms with E-state index >= 15 is 0 Å². The van der Waals surface area contributed by atoms with Gasteiger partial charge in [-0.3, -0.25) is 0 Å². The Balaban J connectivity index is 1.97. The molecule has 8 heteroatoms. The molecule has 158 valence electrons. The van der Waals surface area contributed by atoms with Crippen molar-refractivity contribution in [3.05, 3.63) is 47.0 Å². The maximum absolute atomic E-state index is 13.0. The second-order valence-corrected chi connectivity index (χ2v) is 7.02. The quantitative estimate of drug-likeness (QED) is 0.588. The van der Waals surface area contributed by atoms with Crippen LogP contribution in [0.5, 0.6) is 23.0 Å². The van der Waals surface area contributed by atoms with Gasteiger partial charge in [-0.1, -0.05) is 12.1 Å². The Morgan fingerprint density at radius 1 is 0.806 bits per heavy atom. The average Bonchev–Trinajstić information content (AvgIpc) is 3.46. The first-order valence-electron chi connectivity index (χ1n) is 9.50. The fraction of sp³-hybridized carbons (Fsp3) is 0.217. The van der Waals surface area contributed by atoms with E-state index in [-0.39, 0.29) is 24.7 Å². The van der Waals surface area contributed by atoms with Gasteiger partial charge in [0.15, 0.2) is 23.0 Å². The summed E-state index contributed by atoms with van der Waals surface area (Å²) in [6.07, 6.45) is 0. The van der Waals surface area contributed by atoms with Gasteiger partial charge in [0.05, 0.1) is 25.3 Å². The summed E-state index contributed by atoms with van der Waals surface area (Å²) in [7, 11) is 2.54. The van der Waals surface area contributed by atoms with E-state index < -0.39 is 11.9 Å². The van der Waals surface area contributed by atoms with Gasteiger partial charge in [0, 0.05) is 10.9 Å². The molecule has 0 radical (unpaired) electrons. The van der Waals surface area contributed by atoms with Crippen LogP contribution in [0.1, 0.15) is 26.3 Å². The topological polar surface area (TPSA) is 89.5 Å². The molecular formula is C23H18O8. The molecule has 0 atom stereocenters. The summed E-state index contributed by atoms with van der Waals surface area (Å²) in [6.45, 7) is 1.92. The van der Waals surface area contributed by atoms with Crippen molar-refractivity contribution in [2.45, 2.75) is 6.92 Å². The minimum Gasteiger partial charge on any atom is -0.465 e. The molecule has 8 nitrogen and oxygen atoms in total. The molecule has 5 rings (SSSR count). The van der Waals surface area contributed by atoms with Gasteiger partial charge in [0.1, 0.15) is 0 Å². The van der Waals surface area contributed by atoms with Crippen LogP contribution in [0.4, 0.5) is 0 Å². The molecule has 3 aromatic rings. The highest BCUT2D eigenvalue weighted by molar-refractivity contribution is 6.18. The number of fused-ring (bicyclic) bond motifs is 4. The summed E-state index contributed by atoms with van der Waals surface area (Å²) in [5.74, 6) is 0.864. The average molecular weight is 422 g/mol. The number of carbonyl (C=O) groups excluding carboxylic acids is 2. The summed E-state index contributed by atoms with van der Waals surface area (Å²) in [4.78, 5) is 25.8. The van der Waals surface area contributed by atoms with E-state index in [0.29, 0.717) is 45.1 Å². The van der Waals surface area contributed by atoms with Gasteiger partial charge in [0.2, 0.25) is 13.6 Å². The number of hydrogen-bond donors (Lipinski definition) is 0. The Kier molecular flexibility index (Phi) is 4.35. The van der Waals surface area contributed by atoms with Crippen LogP contribution < -0.4 is 18.9 Å². The zero-order chi connectivity index (χ0) is 21.7. The molecule has 2 aliphatic rings. The molecule has 2 heterocycles. The number of methoxy groups -OCH3 is 2. The molecule has 0 saturated carbocycles. The van der Waals surface area contributed by atoms with Crippen molar-refractivity contribution in [1.82, 2.24) is 0 Å². The van der Waals surface area contributed by atoms with E-state index in [1.54, 1.807) is 31.2 Å². The largest absolute Gasteiger partial charge is 0.465 e. The lowest BCUT2D eigenvalue weighted by atomic mass is 9.85. The van der Waals surface area contributed by atoms with Crippen LogP contribution >= 0.6 is 0 Å². The van der Waals surface area contributed by atoms with E-state index in [1.807, 2.05) is 6.07 Å². The number of ether oxygens (including phenoxy) is 6. The highest BCUT2D eigenvalue weighted by Gasteiger charge is 2.32. The normalized spacial score (nSPS) is 13.4. The van der Waals surface area contributed by atoms with Crippen molar-refractivity contribution >= 4 is 22.7 Å². The summed E-state index contributed by atoms with van der Waals surface area (Å²) in [5.41, 5.74) is 1.89. The molecule has 0 spiro atoms. The van der Waals surface area contributed by atoms with Gasteiger partial charge in [-0.2, -0.15) is 0 Å². The Morgan fingerprint density at radius 3 is 2.23 bits per heavy atom. The van der Waals surface area contributed by atoms with Gasteiger partial charge < -0.3 is 28.4 Å². The molecule has 0 unspecified atom stereocenters. The summed E-state index contributed by atoms with van der Waals surface area (Å²) in [5, 5.41) is 1.37. The minimum atomic E-state index is -0.672. The highest BCUT2D eigenvalue weighted by atomic mass is 16.7. The molecule has 0 saturated heterocycles. The third-order valence-electron chi connectivity index (χ3n) is 5.51. The Morgan fingerprint density at radius 2 is 1.45 bits per heavy atom. The molecule has 0 aliphatic carbocycles. The van der Waals surface area contributed by atoms with Crippen LogP contribution in [0.15, 0.2) is 30.3 Å². The van der Waals surface area contributed by atoms with Gasteiger partial charge in [-0.25, -0.2) is 9.59 Å². The van der Waals surface area contributed by atoms with Crippen molar-refractivity contribution in [3.63, 3.8) is 0 Å². The van der Waals surface area contributed by atoms with Crippen molar-refractivity contribution < 1.29 is 38.0 Å². The molecule has 31 heavy (non-hydrogen) atoms. The molecule has 0 bridgehead atoms. The molecule has 2 aliphatic heterocycles. The lowest BCUT2D eigenvalue weighted by Gasteiger charge is -2.20. The predicted octanol–water partition coefficient (Wildman–Crippen LogP) is 3.85. The maximum atomic E-state index is 13.0. The number of rotatable bonds is 3. The van der Waals surface area contributed by atoms with Crippen LogP contribution in [-0.2, 0) is 9.47 Å². The lowest BCUT2D eigenvalue weighted by Crippen LogP contribution is -2.16. The number of hydrogen-bond acceptors (Lipinski definition) is 8. The fourth-order valence-electron chi connectivity index (χ4n) is 4.11. The Bertz CT molecular complexity index is 1260. The van der Waals surface area contributed by atoms with Crippen molar-refractivity contribution in [3.8, 4) is 34.1 Å². The third kappa shape index (κ3) is 2.75. The Labute approximate surface area is 177 Å². The zero-order valence-electron chi connectivity index (χ0n) is 17.1. The molecular weight excluding hydrogens is 404 g/mol. The molecule has 0 aromatic heterocycles. The van der Waals surface area contributed by atoms with E-state index in [1.165, 1.54) is 14.2 Å². The van der Waals surface area contributed by atoms with Crippen LogP contribution in [0.2, 0.25) is 0 Å². The van der Waals surface area contributed by atoms with E-state index in [9.17, 15) is 9.59 Å². The van der Waals surface area contributed by atoms with Crippen LogP contribution in [0.3, 0.4) is 0 Å². The fourth-order valence-corrected chi connectivity index (χ4v) is 4.11. The molecule has 0 N–H and O–H groups in total. The van der Waals surface area contributed by atoms with Gasteiger partial charge in [-0.05, 0) is 41.6 Å². The second kappa shape index (κ2) is 7.09. The molecule has 3 aromatic carbocycles. The third-order valence-corrected chi connectivity index (χ3v) is 5.51. The smallest absolute Gasteiger partial charge is 0.339 e. The maximum Gasteiger partial charge on any atom is 0.339 e. The Hall–Kier alpha value is -3.94. The first kappa shape index (κ1) is 19.0. The second-order valence-electron chi connectivity index (χ2n) is 7.02. The number of esters is 2. The number of aryl methyl sites for hydroxylation is 1. The summed E-state index contributed by atoms with van der Waals surface area (Å²) >= 11 is 0. The van der Waals surface area contributed by atoms with Crippen LogP contribution in [0, 0.1) is 6.92 Å². The van der Waals surface area contributed by atoms with Crippen molar-refractivity contribution in [2.24, 2.45) is 0 Å². The minimum absolute atomic E-state index is 0.0559. The standard InChI is InChI=1S/C23H18O8/c1-11-13-5-7-15-21(31-10-29-15)19(13)18(12-4-6-14-16(8-12)30-9-28-14)20(23(25)27-3)17(11)22(24)26-2/h4-8H,9-10H2,1-3H3. The van der Waals surface area contributed by atoms with Crippen LogP contribution in [-0.4, -0.2) is 39.7 Å². The van der Waals surface area contributed by atoms with E-state index in [2.05, 4.69) is 0 Å². The molecule has 0 amide bonds. The first-order chi connectivity index (χ1) is 15.0. The SMILES string of the molecule is COC(=O)c1c(C(=O)OC)c(-c2ccc3c(c2)OCO3)c2c3c(ccc2c1C)OCO3. The zero-order valence-corrected chi connectivity index (χ0v) is 17.1. The van der Waals surface area contributed by atoms with Crippen LogP contribution in [0.25, 0.3) is 21.9 Å².